The van der Waals surface area contributed by atoms with Gasteiger partial charge in [0.15, 0.2) is 11.5 Å². The van der Waals surface area contributed by atoms with E-state index in [0.717, 1.165) is 36.2 Å². The maximum atomic E-state index is 9.94. The van der Waals surface area contributed by atoms with Crippen LogP contribution >= 0.6 is 0 Å². The van der Waals surface area contributed by atoms with Crippen LogP contribution < -0.4 is 4.90 Å². The molecular weight excluding hydrogens is 202 g/mol. The van der Waals surface area contributed by atoms with E-state index in [1.807, 2.05) is 25.8 Å². The highest BCUT2D eigenvalue weighted by Gasteiger charge is 2.17. The van der Waals surface area contributed by atoms with E-state index in [1.54, 1.807) is 6.07 Å². The van der Waals surface area contributed by atoms with Gasteiger partial charge < -0.3 is 15.1 Å². The highest BCUT2D eigenvalue weighted by Crippen LogP contribution is 2.40. The molecular formula is C13H21NO2. The number of phenols is 2. The fraction of sp³-hybridized carbons (Fsp3) is 0.538. The zero-order valence-corrected chi connectivity index (χ0v) is 10.5. The molecule has 0 unspecified atom stereocenters. The summed E-state index contributed by atoms with van der Waals surface area (Å²) >= 11 is 0. The summed E-state index contributed by atoms with van der Waals surface area (Å²) in [6, 6.07) is 1.63. The van der Waals surface area contributed by atoms with Gasteiger partial charge in [-0.15, -0.1) is 0 Å². The number of anilines is 1. The molecule has 0 heterocycles. The lowest BCUT2D eigenvalue weighted by atomic mass is 10.00. The molecule has 3 heteroatoms. The highest BCUT2D eigenvalue weighted by molar-refractivity contribution is 5.70. The Morgan fingerprint density at radius 3 is 2.38 bits per heavy atom. The fourth-order valence-electron chi connectivity index (χ4n) is 1.95. The molecule has 0 bridgehead atoms. The quantitative estimate of drug-likeness (QED) is 0.771. The number of nitrogens with zero attached hydrogens (tertiary/aromatic N) is 1. The molecule has 0 saturated heterocycles. The van der Waals surface area contributed by atoms with Gasteiger partial charge in [0.05, 0.1) is 5.69 Å². The smallest absolute Gasteiger partial charge is 0.181 e. The molecule has 1 aromatic carbocycles. The van der Waals surface area contributed by atoms with Crippen LogP contribution in [0.2, 0.25) is 0 Å². The van der Waals surface area contributed by atoms with Gasteiger partial charge in [0.25, 0.3) is 0 Å². The Hall–Kier alpha value is -1.38. The van der Waals surface area contributed by atoms with Crippen LogP contribution in [0.1, 0.15) is 31.4 Å². The van der Waals surface area contributed by atoms with Crippen molar-refractivity contribution in [3.05, 3.63) is 17.2 Å². The van der Waals surface area contributed by atoms with Crippen LogP contribution in [0.5, 0.6) is 11.5 Å². The molecule has 90 valence electrons. The minimum absolute atomic E-state index is 0.00148. The van der Waals surface area contributed by atoms with E-state index in [9.17, 15) is 10.2 Å². The third-order valence-electron chi connectivity index (χ3n) is 2.94. The van der Waals surface area contributed by atoms with Gasteiger partial charge in [0, 0.05) is 13.6 Å². The molecule has 0 aliphatic carbocycles. The normalized spacial score (nSPS) is 10.5. The first-order valence-electron chi connectivity index (χ1n) is 5.78. The topological polar surface area (TPSA) is 43.7 Å². The lowest BCUT2D eigenvalue weighted by Gasteiger charge is -2.24. The molecule has 1 rings (SSSR count). The number of rotatable bonds is 4. The first-order chi connectivity index (χ1) is 7.52. The van der Waals surface area contributed by atoms with E-state index in [1.165, 1.54) is 0 Å². The number of benzene rings is 1. The molecule has 0 saturated carbocycles. The highest BCUT2D eigenvalue weighted by atomic mass is 16.3. The summed E-state index contributed by atoms with van der Waals surface area (Å²) in [4.78, 5) is 1.97. The molecule has 1 aromatic rings. The molecule has 3 nitrogen and oxygen atoms in total. The van der Waals surface area contributed by atoms with Crippen LogP contribution in [0.3, 0.4) is 0 Å². The van der Waals surface area contributed by atoms with E-state index in [2.05, 4.69) is 6.92 Å². The molecule has 0 spiro atoms. The lowest BCUT2D eigenvalue weighted by Crippen LogP contribution is -2.18. The molecule has 0 aliphatic rings. The van der Waals surface area contributed by atoms with E-state index in [-0.39, 0.29) is 11.5 Å². The summed E-state index contributed by atoms with van der Waals surface area (Å²) in [5.41, 5.74) is 2.93. The van der Waals surface area contributed by atoms with Crippen molar-refractivity contribution in [2.45, 2.75) is 33.6 Å². The van der Waals surface area contributed by atoms with Crippen LogP contribution in [0.15, 0.2) is 6.07 Å². The predicted molar refractivity (Wildman–Crippen MR) is 67.4 cm³/mol. The third-order valence-corrected chi connectivity index (χ3v) is 2.94. The summed E-state index contributed by atoms with van der Waals surface area (Å²) in [6.07, 6.45) is 1.94. The first kappa shape index (κ1) is 12.7. The Balaban J connectivity index is 3.38. The fourth-order valence-corrected chi connectivity index (χ4v) is 1.95. The third kappa shape index (κ3) is 2.23. The average Bonchev–Trinajstić information content (AvgIpc) is 2.25. The van der Waals surface area contributed by atoms with Gasteiger partial charge in [-0.2, -0.15) is 0 Å². The van der Waals surface area contributed by atoms with E-state index >= 15 is 0 Å². The van der Waals surface area contributed by atoms with Crippen molar-refractivity contribution < 1.29 is 10.2 Å². The number of aryl methyl sites for hydroxylation is 1. The number of phenolic OH excluding ortho intramolecular Hbond substituents is 2. The Morgan fingerprint density at radius 2 is 1.88 bits per heavy atom. The largest absolute Gasteiger partial charge is 0.504 e. The first-order valence-corrected chi connectivity index (χ1v) is 5.78. The number of aromatic hydroxyl groups is 2. The molecule has 0 aromatic heterocycles. The van der Waals surface area contributed by atoms with E-state index < -0.39 is 0 Å². The summed E-state index contributed by atoms with van der Waals surface area (Å²) in [5.74, 6) is -0.0361. The summed E-state index contributed by atoms with van der Waals surface area (Å²) < 4.78 is 0. The SMILES string of the molecule is CCCc1c(C)cc(O)c(O)c1N(C)CC. The maximum Gasteiger partial charge on any atom is 0.181 e. The van der Waals surface area contributed by atoms with Crippen molar-refractivity contribution >= 4 is 5.69 Å². The Kier molecular flexibility index (Phi) is 4.05. The second kappa shape index (κ2) is 5.10. The molecule has 0 amide bonds. The van der Waals surface area contributed by atoms with Crippen molar-refractivity contribution in [3.63, 3.8) is 0 Å². The van der Waals surface area contributed by atoms with Crippen LogP contribution in [0.4, 0.5) is 5.69 Å². The maximum absolute atomic E-state index is 9.94. The Bertz CT molecular complexity index is 375. The molecule has 0 atom stereocenters. The molecule has 0 fully saturated rings. The molecule has 2 N–H and O–H groups in total. The Labute approximate surface area is 97.3 Å². The minimum Gasteiger partial charge on any atom is -0.504 e. The van der Waals surface area contributed by atoms with Crippen LogP contribution in [-0.4, -0.2) is 23.8 Å². The van der Waals surface area contributed by atoms with E-state index in [0.29, 0.717) is 0 Å². The zero-order chi connectivity index (χ0) is 12.3. The summed E-state index contributed by atoms with van der Waals surface area (Å²) in [6.45, 7) is 6.90. The zero-order valence-electron chi connectivity index (χ0n) is 10.5. The lowest BCUT2D eigenvalue weighted by molar-refractivity contribution is 0.403. The van der Waals surface area contributed by atoms with Crippen molar-refractivity contribution in [1.29, 1.82) is 0 Å². The van der Waals surface area contributed by atoms with Gasteiger partial charge >= 0.3 is 0 Å². The van der Waals surface area contributed by atoms with Crippen molar-refractivity contribution in [2.75, 3.05) is 18.5 Å². The van der Waals surface area contributed by atoms with Gasteiger partial charge in [-0.05, 0) is 37.5 Å². The molecule has 16 heavy (non-hydrogen) atoms. The molecule has 0 radical (unpaired) electrons. The summed E-state index contributed by atoms with van der Waals surface area (Å²) in [7, 11) is 1.92. The molecule has 0 aliphatic heterocycles. The monoisotopic (exact) mass is 223 g/mol. The number of hydrogen-bond donors (Lipinski definition) is 2. The second-order valence-corrected chi connectivity index (χ2v) is 4.15. The van der Waals surface area contributed by atoms with Gasteiger partial charge in [0.1, 0.15) is 0 Å². The van der Waals surface area contributed by atoms with Crippen molar-refractivity contribution in [3.8, 4) is 11.5 Å². The van der Waals surface area contributed by atoms with Crippen LogP contribution in [0, 0.1) is 6.92 Å². The minimum atomic E-state index is -0.0346. The van der Waals surface area contributed by atoms with Crippen LogP contribution in [0.25, 0.3) is 0 Å². The predicted octanol–water partition coefficient (Wildman–Crippen LogP) is 2.81. The van der Waals surface area contributed by atoms with Crippen molar-refractivity contribution in [2.24, 2.45) is 0 Å². The van der Waals surface area contributed by atoms with Gasteiger partial charge in [-0.25, -0.2) is 0 Å². The summed E-state index contributed by atoms with van der Waals surface area (Å²) in [5, 5.41) is 19.6. The van der Waals surface area contributed by atoms with E-state index in [4.69, 9.17) is 0 Å². The number of hydrogen-bond acceptors (Lipinski definition) is 3. The van der Waals surface area contributed by atoms with Gasteiger partial charge in [0.2, 0.25) is 0 Å². The standard InChI is InChI=1S/C13H21NO2/c1-5-7-10-9(3)8-11(15)13(16)12(10)14(4)6-2/h8,15-16H,5-7H2,1-4H3. The van der Waals surface area contributed by atoms with Crippen molar-refractivity contribution in [1.82, 2.24) is 0 Å². The Morgan fingerprint density at radius 1 is 1.25 bits per heavy atom. The van der Waals surface area contributed by atoms with Gasteiger partial charge in [-0.1, -0.05) is 13.3 Å². The van der Waals surface area contributed by atoms with Gasteiger partial charge in [-0.3, -0.25) is 0 Å². The average molecular weight is 223 g/mol. The second-order valence-electron chi connectivity index (χ2n) is 4.15. The van der Waals surface area contributed by atoms with Crippen LogP contribution in [-0.2, 0) is 6.42 Å².